The minimum Gasteiger partial charge on any atom is -0.379 e. The number of carbonyl (C=O) groups is 1. The van der Waals surface area contributed by atoms with E-state index in [0.29, 0.717) is 17.0 Å². The topological polar surface area (TPSA) is 29.5 Å². The Morgan fingerprint density at radius 2 is 1.95 bits per heavy atom. The Morgan fingerprint density at radius 1 is 1.26 bits per heavy atom. The fourth-order valence-corrected chi connectivity index (χ4v) is 3.51. The lowest BCUT2D eigenvalue weighted by atomic mass is 9.85. The highest BCUT2D eigenvalue weighted by atomic mass is 32.2. The van der Waals surface area contributed by atoms with Gasteiger partial charge in [0.15, 0.2) is 5.12 Å². The van der Waals surface area contributed by atoms with Gasteiger partial charge in [0.05, 0.1) is 13.2 Å². The van der Waals surface area contributed by atoms with Gasteiger partial charge in [-0.1, -0.05) is 39.0 Å². The fourth-order valence-electron chi connectivity index (χ4n) is 2.39. The smallest absolute Gasteiger partial charge is 0.190 e. The molecule has 1 aliphatic rings. The van der Waals surface area contributed by atoms with Crippen molar-refractivity contribution in [2.75, 3.05) is 38.6 Å². The zero-order chi connectivity index (χ0) is 14.1. The van der Waals surface area contributed by atoms with Crippen LogP contribution in [0, 0.1) is 5.41 Å². The number of hydrogen-bond donors (Lipinski definition) is 0. The molecular formula is C15H29NO2S. The van der Waals surface area contributed by atoms with E-state index in [2.05, 4.69) is 25.7 Å². The van der Waals surface area contributed by atoms with Gasteiger partial charge in [0.1, 0.15) is 0 Å². The van der Waals surface area contributed by atoms with Crippen molar-refractivity contribution in [1.82, 2.24) is 4.90 Å². The number of rotatable bonds is 8. The third-order valence-corrected chi connectivity index (χ3v) is 4.64. The van der Waals surface area contributed by atoms with Crippen LogP contribution in [0.5, 0.6) is 0 Å². The molecule has 0 atom stereocenters. The van der Waals surface area contributed by atoms with Gasteiger partial charge in [-0.25, -0.2) is 0 Å². The summed E-state index contributed by atoms with van der Waals surface area (Å²) in [6, 6.07) is 0. The second-order valence-corrected chi connectivity index (χ2v) is 7.24. The zero-order valence-corrected chi connectivity index (χ0v) is 13.6. The van der Waals surface area contributed by atoms with Gasteiger partial charge >= 0.3 is 0 Å². The maximum absolute atomic E-state index is 11.8. The van der Waals surface area contributed by atoms with Crippen LogP contribution in [0.25, 0.3) is 0 Å². The van der Waals surface area contributed by atoms with Crippen molar-refractivity contribution in [1.29, 1.82) is 0 Å². The van der Waals surface area contributed by atoms with E-state index in [0.717, 1.165) is 45.0 Å². The molecule has 1 saturated heterocycles. The Kier molecular flexibility index (Phi) is 8.03. The number of ether oxygens (including phenoxy) is 1. The SMILES string of the molecule is CCCC(C)(C)CCSC(=O)CCN1CCOCC1. The summed E-state index contributed by atoms with van der Waals surface area (Å²) < 4.78 is 5.30. The maximum atomic E-state index is 11.8. The van der Waals surface area contributed by atoms with Crippen LogP contribution in [0.2, 0.25) is 0 Å². The number of nitrogens with zero attached hydrogens (tertiary/aromatic N) is 1. The van der Waals surface area contributed by atoms with Crippen molar-refractivity contribution in [2.24, 2.45) is 5.41 Å². The zero-order valence-electron chi connectivity index (χ0n) is 12.7. The quantitative estimate of drug-likeness (QED) is 0.686. The van der Waals surface area contributed by atoms with E-state index < -0.39 is 0 Å². The molecule has 0 amide bonds. The van der Waals surface area contributed by atoms with Crippen LogP contribution in [0.1, 0.15) is 46.5 Å². The van der Waals surface area contributed by atoms with E-state index in [9.17, 15) is 4.79 Å². The third-order valence-electron chi connectivity index (χ3n) is 3.70. The highest BCUT2D eigenvalue weighted by molar-refractivity contribution is 8.13. The minimum absolute atomic E-state index is 0.346. The summed E-state index contributed by atoms with van der Waals surface area (Å²) in [5.41, 5.74) is 0.381. The van der Waals surface area contributed by atoms with Gasteiger partial charge in [-0.3, -0.25) is 9.69 Å². The predicted molar refractivity (Wildman–Crippen MR) is 82.6 cm³/mol. The molecule has 0 spiro atoms. The van der Waals surface area contributed by atoms with E-state index in [1.54, 1.807) is 0 Å². The number of carbonyl (C=O) groups excluding carboxylic acids is 1. The summed E-state index contributed by atoms with van der Waals surface area (Å²) in [6.45, 7) is 11.3. The van der Waals surface area contributed by atoms with Crippen molar-refractivity contribution in [3.05, 3.63) is 0 Å². The Hall–Kier alpha value is -0.0600. The second kappa shape index (κ2) is 8.98. The highest BCUT2D eigenvalue weighted by Gasteiger charge is 2.17. The lowest BCUT2D eigenvalue weighted by Crippen LogP contribution is -2.37. The highest BCUT2D eigenvalue weighted by Crippen LogP contribution is 2.28. The first-order valence-electron chi connectivity index (χ1n) is 7.49. The standard InChI is InChI=1S/C15H29NO2S/c1-4-6-15(2,3)7-13-19-14(17)5-8-16-9-11-18-12-10-16/h4-13H2,1-3H3. The molecule has 0 unspecified atom stereocenters. The first kappa shape index (κ1) is 17.0. The van der Waals surface area contributed by atoms with Crippen LogP contribution in [0.3, 0.4) is 0 Å². The molecule has 19 heavy (non-hydrogen) atoms. The van der Waals surface area contributed by atoms with Crippen molar-refractivity contribution >= 4 is 16.9 Å². The van der Waals surface area contributed by atoms with Crippen LogP contribution in [0.4, 0.5) is 0 Å². The molecule has 0 radical (unpaired) electrons. The van der Waals surface area contributed by atoms with Gasteiger partial charge in [-0.15, -0.1) is 0 Å². The summed E-state index contributed by atoms with van der Waals surface area (Å²) in [4.78, 5) is 14.2. The molecule has 112 valence electrons. The van der Waals surface area contributed by atoms with Crippen molar-refractivity contribution in [2.45, 2.75) is 46.5 Å². The Labute approximate surface area is 122 Å². The van der Waals surface area contributed by atoms with Gasteiger partial charge in [0.2, 0.25) is 0 Å². The lowest BCUT2D eigenvalue weighted by Gasteiger charge is -2.26. The molecule has 0 saturated carbocycles. The molecule has 0 aromatic rings. The summed E-state index contributed by atoms with van der Waals surface area (Å²) in [7, 11) is 0. The predicted octanol–water partition coefficient (Wildman–Crippen LogP) is 3.18. The van der Waals surface area contributed by atoms with Crippen LogP contribution < -0.4 is 0 Å². The van der Waals surface area contributed by atoms with E-state index in [1.165, 1.54) is 24.6 Å². The molecule has 0 bridgehead atoms. The number of hydrogen-bond acceptors (Lipinski definition) is 4. The van der Waals surface area contributed by atoms with Crippen LogP contribution >= 0.6 is 11.8 Å². The molecular weight excluding hydrogens is 258 g/mol. The largest absolute Gasteiger partial charge is 0.379 e. The first-order valence-corrected chi connectivity index (χ1v) is 8.48. The maximum Gasteiger partial charge on any atom is 0.190 e. The molecule has 0 aliphatic carbocycles. The average Bonchev–Trinajstić information content (AvgIpc) is 2.37. The summed E-state index contributed by atoms with van der Waals surface area (Å²) in [6.07, 6.45) is 4.28. The minimum atomic E-state index is 0.346. The van der Waals surface area contributed by atoms with Gasteiger partial charge in [-0.2, -0.15) is 0 Å². The molecule has 1 heterocycles. The third kappa shape index (κ3) is 7.95. The fraction of sp³-hybridized carbons (Fsp3) is 0.933. The van der Waals surface area contributed by atoms with Crippen molar-refractivity contribution < 1.29 is 9.53 Å². The van der Waals surface area contributed by atoms with E-state index in [4.69, 9.17) is 4.74 Å². The summed E-state index contributed by atoms with van der Waals surface area (Å²) in [5, 5.41) is 0.346. The first-order chi connectivity index (χ1) is 9.03. The van der Waals surface area contributed by atoms with Crippen molar-refractivity contribution in [3.8, 4) is 0 Å². The molecule has 4 heteroatoms. The van der Waals surface area contributed by atoms with E-state index >= 15 is 0 Å². The van der Waals surface area contributed by atoms with Crippen LogP contribution in [-0.2, 0) is 9.53 Å². The van der Waals surface area contributed by atoms with E-state index in [1.807, 2.05) is 0 Å². The molecule has 0 aromatic carbocycles. The van der Waals surface area contributed by atoms with Gasteiger partial charge in [-0.05, 0) is 18.3 Å². The Morgan fingerprint density at radius 3 is 2.58 bits per heavy atom. The van der Waals surface area contributed by atoms with Gasteiger partial charge < -0.3 is 4.74 Å². The summed E-state index contributed by atoms with van der Waals surface area (Å²) in [5.74, 6) is 0.967. The summed E-state index contributed by atoms with van der Waals surface area (Å²) >= 11 is 1.52. The molecule has 3 nitrogen and oxygen atoms in total. The molecule has 0 aromatic heterocycles. The Balaban J connectivity index is 2.07. The lowest BCUT2D eigenvalue weighted by molar-refractivity contribution is -0.111. The monoisotopic (exact) mass is 287 g/mol. The molecule has 0 N–H and O–H groups in total. The van der Waals surface area contributed by atoms with Gasteiger partial charge in [0, 0.05) is 31.8 Å². The van der Waals surface area contributed by atoms with Crippen molar-refractivity contribution in [3.63, 3.8) is 0 Å². The molecule has 1 aliphatic heterocycles. The Bertz CT molecular complexity index is 263. The number of morpholine rings is 1. The van der Waals surface area contributed by atoms with E-state index in [-0.39, 0.29) is 0 Å². The molecule has 1 rings (SSSR count). The average molecular weight is 287 g/mol. The molecule has 1 fully saturated rings. The van der Waals surface area contributed by atoms with Crippen LogP contribution in [0.15, 0.2) is 0 Å². The second-order valence-electron chi connectivity index (χ2n) is 6.09. The number of thioether (sulfide) groups is 1. The normalized spacial score (nSPS) is 17.6. The van der Waals surface area contributed by atoms with Gasteiger partial charge in [0.25, 0.3) is 0 Å². The van der Waals surface area contributed by atoms with Crippen LogP contribution in [-0.4, -0.2) is 48.6 Å².